The summed E-state index contributed by atoms with van der Waals surface area (Å²) in [5, 5.41) is 13.7. The standard InChI is InChI=1S/C40H41Cl2N7O4/c1-40(2)17-35(51)48-32(40)22-44-19-25-20-45-33-16-23(14-15-49(33)39(25)52)27-6-4-7-28(36(27)41)29-8-5-9-30(37(29)42)31-12-10-24(38(47-31)53-3)18-43-21-26-11-13-34(50)46-26/h4-10,12,14-16,20,26,32,43-44H,11,13,17-19,21-22H2,1-3H3,(H,46,50)(H,48,51)/t26-,32+/m1/s1. The van der Waals surface area contributed by atoms with Crippen LogP contribution in [0.25, 0.3) is 39.2 Å². The molecule has 11 nitrogen and oxygen atoms in total. The van der Waals surface area contributed by atoms with Gasteiger partial charge in [0, 0.05) is 96.9 Å². The third-order valence-corrected chi connectivity index (χ3v) is 11.0. The fourth-order valence-electron chi connectivity index (χ4n) is 7.10. The van der Waals surface area contributed by atoms with E-state index in [2.05, 4.69) is 40.1 Å². The molecule has 53 heavy (non-hydrogen) atoms. The second-order valence-electron chi connectivity index (χ2n) is 14.3. The van der Waals surface area contributed by atoms with Gasteiger partial charge in [0.05, 0.1) is 22.8 Å². The summed E-state index contributed by atoms with van der Waals surface area (Å²) in [5.74, 6) is 0.627. The number of benzene rings is 2. The van der Waals surface area contributed by atoms with Crippen LogP contribution in [-0.2, 0) is 22.7 Å². The first-order chi connectivity index (χ1) is 25.5. The van der Waals surface area contributed by atoms with Crippen LogP contribution < -0.4 is 31.6 Å². The van der Waals surface area contributed by atoms with E-state index in [4.69, 9.17) is 32.9 Å². The van der Waals surface area contributed by atoms with Crippen LogP contribution >= 0.6 is 23.2 Å². The zero-order valence-electron chi connectivity index (χ0n) is 29.8. The largest absolute Gasteiger partial charge is 0.481 e. The van der Waals surface area contributed by atoms with Crippen molar-refractivity contribution in [2.24, 2.45) is 5.41 Å². The molecule has 2 aliphatic rings. The van der Waals surface area contributed by atoms with Gasteiger partial charge in [-0.2, -0.15) is 0 Å². The lowest BCUT2D eigenvalue weighted by Gasteiger charge is -2.25. The molecule has 2 saturated heterocycles. The van der Waals surface area contributed by atoms with Gasteiger partial charge in [-0.25, -0.2) is 9.97 Å². The zero-order valence-corrected chi connectivity index (χ0v) is 31.3. The van der Waals surface area contributed by atoms with Crippen molar-refractivity contribution in [3.8, 4) is 39.4 Å². The Morgan fingerprint density at radius 1 is 0.868 bits per heavy atom. The SMILES string of the molecule is COc1nc(-c2cccc(-c3cccc(-c4ccn5c(=O)c(CNC[C@@H]6NC(=O)CC6(C)C)cnc5c4)c3Cl)c2Cl)ccc1CNC[C@H]1CCC(=O)N1. The number of nitrogens with one attached hydrogen (secondary N) is 4. The molecular formula is C40H41Cl2N7O4. The maximum Gasteiger partial charge on any atom is 0.262 e. The van der Waals surface area contributed by atoms with E-state index in [0.29, 0.717) is 71.9 Å². The molecule has 2 amide bonds. The lowest BCUT2D eigenvalue weighted by atomic mass is 9.85. The molecule has 0 spiro atoms. The van der Waals surface area contributed by atoms with Gasteiger partial charge in [-0.05, 0) is 35.6 Å². The van der Waals surface area contributed by atoms with E-state index in [1.54, 1.807) is 19.5 Å². The minimum atomic E-state index is -0.166. The van der Waals surface area contributed by atoms with Gasteiger partial charge in [0.2, 0.25) is 17.7 Å². The highest BCUT2D eigenvalue weighted by Crippen LogP contribution is 2.42. The molecule has 3 aromatic heterocycles. The van der Waals surface area contributed by atoms with Gasteiger partial charge in [0.25, 0.3) is 5.56 Å². The fourth-order valence-corrected chi connectivity index (χ4v) is 7.76. The first-order valence-electron chi connectivity index (χ1n) is 17.6. The molecule has 7 rings (SSSR count). The lowest BCUT2D eigenvalue weighted by molar-refractivity contribution is -0.120. The average Bonchev–Trinajstić information content (AvgIpc) is 3.68. The normalized spacial score (nSPS) is 18.0. The molecule has 274 valence electrons. The van der Waals surface area contributed by atoms with Gasteiger partial charge in [0.15, 0.2) is 0 Å². The number of methoxy groups -OCH3 is 1. The van der Waals surface area contributed by atoms with Crippen molar-refractivity contribution in [2.45, 2.75) is 58.3 Å². The highest BCUT2D eigenvalue weighted by molar-refractivity contribution is 6.39. The number of fused-ring (bicyclic) bond motifs is 1. The van der Waals surface area contributed by atoms with Crippen LogP contribution in [0.1, 0.15) is 44.2 Å². The van der Waals surface area contributed by atoms with E-state index in [0.717, 1.165) is 39.8 Å². The molecule has 0 bridgehead atoms. The number of carbonyl (C=O) groups is 2. The van der Waals surface area contributed by atoms with Gasteiger partial charge >= 0.3 is 0 Å². The van der Waals surface area contributed by atoms with Crippen molar-refractivity contribution in [1.29, 1.82) is 0 Å². The molecule has 2 aromatic carbocycles. The number of halogens is 2. The Morgan fingerprint density at radius 2 is 1.57 bits per heavy atom. The summed E-state index contributed by atoms with van der Waals surface area (Å²) >= 11 is 14.2. The van der Waals surface area contributed by atoms with Crippen molar-refractivity contribution < 1.29 is 14.3 Å². The summed E-state index contributed by atoms with van der Waals surface area (Å²) in [6, 6.07) is 19.2. The molecule has 2 atom stereocenters. The minimum Gasteiger partial charge on any atom is -0.481 e. The minimum absolute atomic E-state index is 0.00818. The van der Waals surface area contributed by atoms with Crippen molar-refractivity contribution in [2.75, 3.05) is 20.2 Å². The van der Waals surface area contributed by atoms with Gasteiger partial charge in [-0.1, -0.05) is 79.5 Å². The quantitative estimate of drug-likeness (QED) is 0.126. The molecule has 0 saturated carbocycles. The Morgan fingerprint density at radius 3 is 2.26 bits per heavy atom. The highest BCUT2D eigenvalue weighted by atomic mass is 35.5. The van der Waals surface area contributed by atoms with Crippen LogP contribution in [0.15, 0.2) is 77.9 Å². The first-order valence-corrected chi connectivity index (χ1v) is 18.4. The maximum atomic E-state index is 13.4. The monoisotopic (exact) mass is 753 g/mol. The number of hydrogen-bond acceptors (Lipinski definition) is 8. The molecule has 0 aliphatic carbocycles. The summed E-state index contributed by atoms with van der Waals surface area (Å²) in [4.78, 5) is 46.2. The average molecular weight is 755 g/mol. The molecule has 13 heteroatoms. The third kappa shape index (κ3) is 7.66. The van der Waals surface area contributed by atoms with Crippen molar-refractivity contribution in [3.63, 3.8) is 0 Å². The van der Waals surface area contributed by atoms with Crippen LogP contribution in [-0.4, -0.2) is 58.5 Å². The number of carbonyl (C=O) groups excluding carboxylic acids is 2. The summed E-state index contributed by atoms with van der Waals surface area (Å²) in [6.07, 6.45) is 5.19. The van der Waals surface area contributed by atoms with E-state index in [9.17, 15) is 14.4 Å². The molecule has 4 N–H and O–H groups in total. The summed E-state index contributed by atoms with van der Waals surface area (Å²) in [5.41, 5.74) is 6.03. The molecule has 5 heterocycles. The molecule has 0 radical (unpaired) electrons. The predicted molar refractivity (Wildman–Crippen MR) is 207 cm³/mol. The van der Waals surface area contributed by atoms with E-state index < -0.39 is 0 Å². The van der Waals surface area contributed by atoms with Crippen molar-refractivity contribution >= 4 is 40.7 Å². The summed E-state index contributed by atoms with van der Waals surface area (Å²) in [6.45, 7) is 6.22. The van der Waals surface area contributed by atoms with E-state index in [1.165, 1.54) is 4.40 Å². The number of amides is 2. The number of hydrogen-bond donors (Lipinski definition) is 4. The topological polar surface area (TPSA) is 139 Å². The van der Waals surface area contributed by atoms with E-state index >= 15 is 0 Å². The summed E-state index contributed by atoms with van der Waals surface area (Å²) < 4.78 is 7.17. The molecular weight excluding hydrogens is 713 g/mol. The van der Waals surface area contributed by atoms with Crippen LogP contribution in [0, 0.1) is 5.41 Å². The maximum absolute atomic E-state index is 13.4. The Labute approximate surface area is 317 Å². The number of rotatable bonds is 12. The van der Waals surface area contributed by atoms with Gasteiger partial charge in [-0.15, -0.1) is 0 Å². The molecule has 5 aromatic rings. The number of aromatic nitrogens is 3. The number of ether oxygens (including phenoxy) is 1. The molecule has 2 aliphatic heterocycles. The van der Waals surface area contributed by atoms with Crippen molar-refractivity contribution in [1.82, 2.24) is 35.6 Å². The summed E-state index contributed by atoms with van der Waals surface area (Å²) in [7, 11) is 1.59. The Balaban J connectivity index is 1.10. The zero-order chi connectivity index (χ0) is 37.3. The predicted octanol–water partition coefficient (Wildman–Crippen LogP) is 5.78. The van der Waals surface area contributed by atoms with Crippen LogP contribution in [0.2, 0.25) is 10.0 Å². The fraction of sp³-hybridized carbons (Fsp3) is 0.325. The van der Waals surface area contributed by atoms with Crippen molar-refractivity contribution in [3.05, 3.63) is 105 Å². The Hall–Kier alpha value is -4.81. The first kappa shape index (κ1) is 36.5. The van der Waals surface area contributed by atoms with Crippen LogP contribution in [0.4, 0.5) is 0 Å². The highest BCUT2D eigenvalue weighted by Gasteiger charge is 2.38. The van der Waals surface area contributed by atoms with E-state index in [-0.39, 0.29) is 34.9 Å². The second kappa shape index (κ2) is 15.3. The van der Waals surface area contributed by atoms with Gasteiger partial charge < -0.3 is 26.0 Å². The Bertz CT molecular complexity index is 2270. The smallest absolute Gasteiger partial charge is 0.262 e. The molecule has 0 unspecified atom stereocenters. The van der Waals surface area contributed by atoms with Crippen LogP contribution in [0.3, 0.4) is 0 Å². The second-order valence-corrected chi connectivity index (χ2v) is 15.0. The molecule has 2 fully saturated rings. The Kier molecular flexibility index (Phi) is 10.5. The lowest BCUT2D eigenvalue weighted by Crippen LogP contribution is -2.42. The van der Waals surface area contributed by atoms with Crippen LogP contribution in [0.5, 0.6) is 5.88 Å². The number of nitrogens with zero attached hydrogens (tertiary/aromatic N) is 3. The van der Waals surface area contributed by atoms with E-state index in [1.807, 2.05) is 60.7 Å². The number of pyridine rings is 2. The van der Waals surface area contributed by atoms with Gasteiger partial charge in [-0.3, -0.25) is 18.8 Å². The third-order valence-electron chi connectivity index (χ3n) is 10.1. The van der Waals surface area contributed by atoms with Gasteiger partial charge in [0.1, 0.15) is 5.65 Å².